The first-order valence-electron chi connectivity index (χ1n) is 6.32. The van der Waals surface area contributed by atoms with Gasteiger partial charge >= 0.3 is 0 Å². The second-order valence-electron chi connectivity index (χ2n) is 4.36. The van der Waals surface area contributed by atoms with E-state index >= 15 is 0 Å². The van der Waals surface area contributed by atoms with E-state index in [0.717, 1.165) is 4.90 Å². The maximum Gasteiger partial charge on any atom is 0.264 e. The van der Waals surface area contributed by atoms with E-state index in [0.29, 0.717) is 0 Å². The zero-order valence-electron chi connectivity index (χ0n) is 11.4. The minimum absolute atomic E-state index is 0.0789. The molecule has 0 aromatic heterocycles. The molecular formula is C15H15NO3S2. The first-order valence-corrected chi connectivity index (χ1v) is 8.69. The highest BCUT2D eigenvalue weighted by atomic mass is 32.2. The zero-order valence-corrected chi connectivity index (χ0v) is 13.0. The first-order chi connectivity index (χ1) is 9.99. The third-order valence-corrected chi connectivity index (χ3v) is 5.19. The number of amides is 1. The minimum atomic E-state index is -3.81. The van der Waals surface area contributed by atoms with Crippen LogP contribution in [0, 0.1) is 0 Å². The lowest BCUT2D eigenvalue weighted by molar-refractivity contribution is -0.118. The van der Waals surface area contributed by atoms with Crippen LogP contribution in [0.4, 0.5) is 0 Å². The Bertz CT molecular complexity index is 700. The van der Waals surface area contributed by atoms with Gasteiger partial charge in [0.2, 0.25) is 5.91 Å². The summed E-state index contributed by atoms with van der Waals surface area (Å²) in [5.74, 6) is -0.535. The summed E-state index contributed by atoms with van der Waals surface area (Å²) in [7, 11) is -3.81. The van der Waals surface area contributed by atoms with Crippen LogP contribution in [-0.2, 0) is 14.8 Å². The highest BCUT2D eigenvalue weighted by molar-refractivity contribution is 8.00. The van der Waals surface area contributed by atoms with Crippen LogP contribution in [0.15, 0.2) is 70.5 Å². The Balaban J connectivity index is 2.04. The quantitative estimate of drug-likeness (QED) is 0.860. The number of sulfonamides is 1. The smallest absolute Gasteiger partial charge is 0.264 e. The average Bonchev–Trinajstić information content (AvgIpc) is 2.48. The van der Waals surface area contributed by atoms with Crippen molar-refractivity contribution in [2.45, 2.75) is 22.0 Å². The normalized spacial score (nSPS) is 12.6. The average molecular weight is 321 g/mol. The predicted octanol–water partition coefficient (Wildman–Crippen LogP) is 2.67. The summed E-state index contributed by atoms with van der Waals surface area (Å²) < 4.78 is 26.2. The molecule has 2 rings (SSSR count). The SMILES string of the molecule is CC(Sc1ccccc1)C(=O)NS(=O)(=O)c1ccccc1. The Morgan fingerprint density at radius 2 is 1.52 bits per heavy atom. The van der Waals surface area contributed by atoms with E-state index in [9.17, 15) is 13.2 Å². The number of hydrogen-bond acceptors (Lipinski definition) is 4. The molecule has 0 radical (unpaired) electrons. The van der Waals surface area contributed by atoms with Crippen molar-refractivity contribution >= 4 is 27.7 Å². The fourth-order valence-electron chi connectivity index (χ4n) is 1.63. The van der Waals surface area contributed by atoms with E-state index in [1.54, 1.807) is 25.1 Å². The van der Waals surface area contributed by atoms with Gasteiger partial charge in [-0.05, 0) is 31.2 Å². The molecule has 0 saturated carbocycles. The van der Waals surface area contributed by atoms with E-state index < -0.39 is 21.2 Å². The van der Waals surface area contributed by atoms with E-state index in [1.165, 1.54) is 23.9 Å². The van der Waals surface area contributed by atoms with E-state index in [-0.39, 0.29) is 4.90 Å². The molecule has 0 aliphatic heterocycles. The van der Waals surface area contributed by atoms with Crippen molar-refractivity contribution in [2.24, 2.45) is 0 Å². The van der Waals surface area contributed by atoms with Gasteiger partial charge in [-0.2, -0.15) is 0 Å². The molecule has 1 atom stereocenters. The van der Waals surface area contributed by atoms with E-state index in [1.807, 2.05) is 30.3 Å². The molecule has 2 aromatic carbocycles. The topological polar surface area (TPSA) is 63.2 Å². The lowest BCUT2D eigenvalue weighted by Crippen LogP contribution is -2.35. The molecule has 21 heavy (non-hydrogen) atoms. The van der Waals surface area contributed by atoms with Crippen molar-refractivity contribution in [1.29, 1.82) is 0 Å². The number of benzene rings is 2. The summed E-state index contributed by atoms with van der Waals surface area (Å²) in [4.78, 5) is 13.0. The molecule has 0 spiro atoms. The summed E-state index contributed by atoms with van der Waals surface area (Å²) in [5, 5.41) is -0.508. The van der Waals surface area contributed by atoms with Crippen LogP contribution in [0.3, 0.4) is 0 Å². The molecule has 1 amide bonds. The third-order valence-electron chi connectivity index (χ3n) is 2.71. The largest absolute Gasteiger partial charge is 0.273 e. The molecule has 0 bridgehead atoms. The number of carbonyl (C=O) groups is 1. The monoisotopic (exact) mass is 321 g/mol. The molecule has 6 heteroatoms. The van der Waals surface area contributed by atoms with Crippen LogP contribution < -0.4 is 4.72 Å². The Morgan fingerprint density at radius 3 is 2.10 bits per heavy atom. The van der Waals surface area contributed by atoms with Gasteiger partial charge in [0.25, 0.3) is 10.0 Å². The number of nitrogens with one attached hydrogen (secondary N) is 1. The molecule has 1 N–H and O–H groups in total. The fraction of sp³-hybridized carbons (Fsp3) is 0.133. The van der Waals surface area contributed by atoms with Crippen LogP contribution in [0.2, 0.25) is 0 Å². The van der Waals surface area contributed by atoms with Crippen LogP contribution in [-0.4, -0.2) is 19.6 Å². The lowest BCUT2D eigenvalue weighted by atomic mass is 10.4. The molecule has 2 aromatic rings. The third kappa shape index (κ3) is 4.34. The van der Waals surface area contributed by atoms with Crippen molar-refractivity contribution in [3.8, 4) is 0 Å². The number of carbonyl (C=O) groups excluding carboxylic acids is 1. The fourth-order valence-corrected chi connectivity index (χ4v) is 3.67. The molecular weight excluding hydrogens is 306 g/mol. The minimum Gasteiger partial charge on any atom is -0.273 e. The van der Waals surface area contributed by atoms with Gasteiger partial charge in [-0.15, -0.1) is 11.8 Å². The summed E-state index contributed by atoms with van der Waals surface area (Å²) in [6.45, 7) is 1.67. The molecule has 0 aliphatic carbocycles. The Hall–Kier alpha value is -1.79. The highest BCUT2D eigenvalue weighted by Crippen LogP contribution is 2.23. The van der Waals surface area contributed by atoms with Gasteiger partial charge in [-0.3, -0.25) is 4.79 Å². The highest BCUT2D eigenvalue weighted by Gasteiger charge is 2.22. The Labute approximate surface area is 128 Å². The number of thioether (sulfide) groups is 1. The second kappa shape index (κ2) is 6.78. The van der Waals surface area contributed by atoms with Gasteiger partial charge < -0.3 is 0 Å². The van der Waals surface area contributed by atoms with Crippen molar-refractivity contribution in [3.05, 3.63) is 60.7 Å². The van der Waals surface area contributed by atoms with Gasteiger partial charge in [0.1, 0.15) is 0 Å². The second-order valence-corrected chi connectivity index (χ2v) is 7.45. The van der Waals surface area contributed by atoms with Crippen LogP contribution in [0.25, 0.3) is 0 Å². The summed E-state index contributed by atoms with van der Waals surface area (Å²) in [5.41, 5.74) is 0. The Morgan fingerprint density at radius 1 is 1.00 bits per heavy atom. The van der Waals surface area contributed by atoms with Gasteiger partial charge in [-0.1, -0.05) is 36.4 Å². The lowest BCUT2D eigenvalue weighted by Gasteiger charge is -2.12. The molecule has 0 heterocycles. The van der Waals surface area contributed by atoms with Crippen molar-refractivity contribution in [1.82, 2.24) is 4.72 Å². The van der Waals surface area contributed by atoms with Crippen LogP contribution in [0.5, 0.6) is 0 Å². The van der Waals surface area contributed by atoms with E-state index in [4.69, 9.17) is 0 Å². The molecule has 110 valence electrons. The molecule has 0 fully saturated rings. The molecule has 0 saturated heterocycles. The predicted molar refractivity (Wildman–Crippen MR) is 83.5 cm³/mol. The number of hydrogen-bond donors (Lipinski definition) is 1. The van der Waals surface area contributed by atoms with E-state index in [2.05, 4.69) is 4.72 Å². The van der Waals surface area contributed by atoms with Crippen molar-refractivity contribution in [3.63, 3.8) is 0 Å². The maximum absolute atomic E-state index is 12.1. The van der Waals surface area contributed by atoms with Crippen LogP contribution in [0.1, 0.15) is 6.92 Å². The van der Waals surface area contributed by atoms with Crippen LogP contribution >= 0.6 is 11.8 Å². The standard InChI is InChI=1S/C15H15NO3S2/c1-12(20-13-8-4-2-5-9-13)15(17)16-21(18,19)14-10-6-3-7-11-14/h2-12H,1H3,(H,16,17). The first kappa shape index (κ1) is 15.6. The summed E-state index contributed by atoms with van der Waals surface area (Å²) >= 11 is 1.31. The Kier molecular flexibility index (Phi) is 5.03. The van der Waals surface area contributed by atoms with Crippen molar-refractivity contribution in [2.75, 3.05) is 0 Å². The number of rotatable bonds is 5. The van der Waals surface area contributed by atoms with Gasteiger partial charge in [0, 0.05) is 4.90 Å². The maximum atomic E-state index is 12.1. The molecule has 0 aliphatic rings. The molecule has 1 unspecified atom stereocenters. The van der Waals surface area contributed by atoms with Gasteiger partial charge in [0.05, 0.1) is 10.1 Å². The van der Waals surface area contributed by atoms with Crippen molar-refractivity contribution < 1.29 is 13.2 Å². The summed E-state index contributed by atoms with van der Waals surface area (Å²) in [6, 6.07) is 17.2. The summed E-state index contributed by atoms with van der Waals surface area (Å²) in [6.07, 6.45) is 0. The van der Waals surface area contributed by atoms with Gasteiger partial charge in [-0.25, -0.2) is 13.1 Å². The van der Waals surface area contributed by atoms with Gasteiger partial charge in [0.15, 0.2) is 0 Å². The zero-order chi connectivity index (χ0) is 15.3. The molecule has 4 nitrogen and oxygen atoms in total.